The second-order valence-corrected chi connectivity index (χ2v) is 11.2. The van der Waals surface area contributed by atoms with E-state index in [4.69, 9.17) is 4.74 Å². The molecule has 1 aliphatic heterocycles. The molecule has 0 saturated carbocycles. The Morgan fingerprint density at radius 3 is 2.53 bits per heavy atom. The van der Waals surface area contributed by atoms with E-state index in [9.17, 15) is 9.59 Å². The van der Waals surface area contributed by atoms with Crippen LogP contribution in [0.5, 0.6) is 0 Å². The number of carbonyl (C=O) groups excluding carboxylic acids is 2. The zero-order valence-corrected chi connectivity index (χ0v) is 22.6. The van der Waals surface area contributed by atoms with Crippen molar-refractivity contribution in [3.63, 3.8) is 0 Å². The molecular formula is C27H29N7O3S. The summed E-state index contributed by atoms with van der Waals surface area (Å²) in [5.41, 5.74) is 3.82. The van der Waals surface area contributed by atoms with Crippen molar-refractivity contribution < 1.29 is 14.3 Å². The lowest BCUT2D eigenvalue weighted by molar-refractivity contribution is 0.0204. The summed E-state index contributed by atoms with van der Waals surface area (Å²) in [5, 5.41) is 3.33. The number of fused-ring (bicyclic) bond motifs is 1. The van der Waals surface area contributed by atoms with Crippen molar-refractivity contribution in [1.82, 2.24) is 29.8 Å². The van der Waals surface area contributed by atoms with E-state index in [1.165, 1.54) is 11.3 Å². The first kappa shape index (κ1) is 25.7. The number of likely N-dealkylation sites (tertiary alicyclic amines) is 1. The van der Waals surface area contributed by atoms with Crippen molar-refractivity contribution in [2.45, 2.75) is 52.1 Å². The first-order valence-electron chi connectivity index (χ1n) is 12.5. The summed E-state index contributed by atoms with van der Waals surface area (Å²) in [6, 6.07) is 5.69. The second kappa shape index (κ2) is 10.4. The topological polar surface area (TPSA) is 123 Å². The highest BCUT2D eigenvalue weighted by Crippen LogP contribution is 2.32. The Hall–Kier alpha value is -3.99. The molecule has 4 aromatic rings. The summed E-state index contributed by atoms with van der Waals surface area (Å²) in [6.07, 6.45) is 7.85. The lowest BCUT2D eigenvalue weighted by Crippen LogP contribution is -2.41. The van der Waals surface area contributed by atoms with Crippen LogP contribution in [0, 0.1) is 6.92 Å². The highest BCUT2D eigenvalue weighted by Gasteiger charge is 2.29. The third-order valence-electron chi connectivity index (χ3n) is 6.22. The van der Waals surface area contributed by atoms with Crippen molar-refractivity contribution >= 4 is 38.9 Å². The number of piperidine rings is 1. The average molecular weight is 532 g/mol. The van der Waals surface area contributed by atoms with Gasteiger partial charge in [-0.05, 0) is 70.2 Å². The monoisotopic (exact) mass is 531 g/mol. The van der Waals surface area contributed by atoms with Crippen LogP contribution in [0.4, 0.5) is 9.93 Å². The molecule has 0 aliphatic carbocycles. The van der Waals surface area contributed by atoms with Gasteiger partial charge in [-0.25, -0.2) is 14.8 Å². The Morgan fingerprint density at radius 2 is 1.82 bits per heavy atom. The number of hydrogen-bond donors (Lipinski definition) is 1. The minimum Gasteiger partial charge on any atom is -0.444 e. The molecule has 0 radical (unpaired) electrons. The fraction of sp³-hybridized carbons (Fsp3) is 0.370. The molecule has 11 heteroatoms. The van der Waals surface area contributed by atoms with Crippen LogP contribution in [0.3, 0.4) is 0 Å². The van der Waals surface area contributed by atoms with E-state index in [0.717, 1.165) is 29.7 Å². The summed E-state index contributed by atoms with van der Waals surface area (Å²) < 4.78 is 5.52. The van der Waals surface area contributed by atoms with Crippen molar-refractivity contribution in [1.29, 1.82) is 0 Å². The van der Waals surface area contributed by atoms with Crippen LogP contribution in [-0.4, -0.2) is 60.5 Å². The van der Waals surface area contributed by atoms with Crippen LogP contribution in [0.15, 0.2) is 43.0 Å². The van der Waals surface area contributed by atoms with Gasteiger partial charge < -0.3 is 9.64 Å². The zero-order valence-electron chi connectivity index (χ0n) is 21.8. The van der Waals surface area contributed by atoms with Crippen LogP contribution in [0.25, 0.3) is 21.7 Å². The Labute approximate surface area is 224 Å². The van der Waals surface area contributed by atoms with Crippen LogP contribution >= 0.6 is 11.3 Å². The first-order valence-corrected chi connectivity index (χ1v) is 13.3. The maximum atomic E-state index is 13.4. The summed E-state index contributed by atoms with van der Waals surface area (Å²) >= 11 is 1.27. The first-order chi connectivity index (χ1) is 18.2. The SMILES string of the molecule is Cc1cc(C2CCN(C(=O)OC(C)(C)C)CC2)c(C(=O)Nc2nc3ncc(-c4ccncc4)nc3s2)cn1. The Kier molecular flexibility index (Phi) is 7.02. The van der Waals surface area contributed by atoms with Gasteiger partial charge in [-0.2, -0.15) is 4.98 Å². The van der Waals surface area contributed by atoms with E-state index in [-0.39, 0.29) is 17.9 Å². The fourth-order valence-corrected chi connectivity index (χ4v) is 5.20. The molecule has 1 N–H and O–H groups in total. The largest absolute Gasteiger partial charge is 0.444 e. The fourth-order valence-electron chi connectivity index (χ4n) is 4.41. The number of anilines is 1. The van der Waals surface area contributed by atoms with Gasteiger partial charge in [0, 0.05) is 42.9 Å². The predicted octanol–water partition coefficient (Wildman–Crippen LogP) is 5.22. The molecule has 38 heavy (non-hydrogen) atoms. The Balaban J connectivity index is 1.31. The number of pyridine rings is 2. The molecule has 2 amide bonds. The Bertz CT molecular complexity index is 1480. The highest BCUT2D eigenvalue weighted by atomic mass is 32.1. The molecule has 5 rings (SSSR count). The van der Waals surface area contributed by atoms with Gasteiger partial charge in [0.25, 0.3) is 5.91 Å². The van der Waals surface area contributed by atoms with E-state index in [1.54, 1.807) is 29.7 Å². The standard InChI is InChI=1S/C27H29N7O3S/c1-16-13-19(17-7-11-34(12-8-17)26(36)37-27(2,3)4)20(14-29-16)23(35)33-25-32-22-24(38-25)31-21(15-30-22)18-5-9-28-10-6-18/h5-6,9-10,13-15,17H,7-8,11-12H2,1-4H3,(H,30,32,33,35). The van der Waals surface area contributed by atoms with Gasteiger partial charge >= 0.3 is 6.09 Å². The molecule has 1 saturated heterocycles. The third-order valence-corrected chi connectivity index (χ3v) is 7.08. The molecule has 0 aromatic carbocycles. The molecule has 0 atom stereocenters. The van der Waals surface area contributed by atoms with E-state index in [0.29, 0.717) is 40.0 Å². The number of aromatic nitrogens is 5. The maximum Gasteiger partial charge on any atom is 0.410 e. The van der Waals surface area contributed by atoms with E-state index in [2.05, 4.69) is 30.2 Å². The van der Waals surface area contributed by atoms with Crippen molar-refractivity contribution in [2.75, 3.05) is 18.4 Å². The number of carbonyl (C=O) groups is 2. The summed E-state index contributed by atoms with van der Waals surface area (Å²) in [7, 11) is 0. The van der Waals surface area contributed by atoms with Gasteiger partial charge in [-0.15, -0.1) is 0 Å². The molecule has 0 unspecified atom stereocenters. The summed E-state index contributed by atoms with van der Waals surface area (Å²) in [4.78, 5) is 50.1. The number of thiazole rings is 1. The number of rotatable bonds is 4. The molecule has 196 valence electrons. The predicted molar refractivity (Wildman–Crippen MR) is 145 cm³/mol. The minimum absolute atomic E-state index is 0.123. The van der Waals surface area contributed by atoms with Gasteiger partial charge in [0.2, 0.25) is 0 Å². The molecule has 0 bridgehead atoms. The quantitative estimate of drug-likeness (QED) is 0.380. The number of nitrogens with one attached hydrogen (secondary N) is 1. The molecule has 10 nitrogen and oxygen atoms in total. The third kappa shape index (κ3) is 5.77. The second-order valence-electron chi connectivity index (χ2n) is 10.2. The zero-order chi connectivity index (χ0) is 26.9. The summed E-state index contributed by atoms with van der Waals surface area (Å²) in [5.74, 6) is -0.159. The van der Waals surface area contributed by atoms with Gasteiger partial charge in [0.05, 0.1) is 17.5 Å². The smallest absolute Gasteiger partial charge is 0.410 e. The van der Waals surface area contributed by atoms with Crippen LogP contribution in [0.2, 0.25) is 0 Å². The van der Waals surface area contributed by atoms with Gasteiger partial charge in [-0.1, -0.05) is 11.3 Å². The van der Waals surface area contributed by atoms with E-state index < -0.39 is 5.60 Å². The number of nitrogens with zero attached hydrogens (tertiary/aromatic N) is 6. The normalized spacial score (nSPS) is 14.5. The molecule has 1 aliphatic rings. The van der Waals surface area contributed by atoms with Crippen LogP contribution in [0.1, 0.15) is 61.1 Å². The van der Waals surface area contributed by atoms with E-state index in [1.807, 2.05) is 45.9 Å². The van der Waals surface area contributed by atoms with Gasteiger partial charge in [0.15, 0.2) is 15.6 Å². The molecule has 5 heterocycles. The lowest BCUT2D eigenvalue weighted by atomic mass is 9.86. The Morgan fingerprint density at radius 1 is 1.08 bits per heavy atom. The van der Waals surface area contributed by atoms with Gasteiger partial charge in [0.1, 0.15) is 5.60 Å². The molecular weight excluding hydrogens is 502 g/mol. The van der Waals surface area contributed by atoms with Crippen molar-refractivity contribution in [2.24, 2.45) is 0 Å². The van der Waals surface area contributed by atoms with Gasteiger partial charge in [-0.3, -0.25) is 20.1 Å². The molecule has 4 aromatic heterocycles. The maximum absolute atomic E-state index is 13.4. The van der Waals surface area contributed by atoms with Crippen molar-refractivity contribution in [3.05, 3.63) is 59.8 Å². The number of aryl methyl sites for hydroxylation is 1. The minimum atomic E-state index is -0.534. The molecule has 0 spiro atoms. The van der Waals surface area contributed by atoms with E-state index >= 15 is 0 Å². The molecule has 1 fully saturated rings. The number of ether oxygens (including phenoxy) is 1. The van der Waals surface area contributed by atoms with Crippen molar-refractivity contribution in [3.8, 4) is 11.3 Å². The van der Waals surface area contributed by atoms with Crippen LogP contribution < -0.4 is 5.32 Å². The van der Waals surface area contributed by atoms with Crippen LogP contribution in [-0.2, 0) is 4.74 Å². The lowest BCUT2D eigenvalue weighted by Gasteiger charge is -2.34. The summed E-state index contributed by atoms with van der Waals surface area (Å²) in [6.45, 7) is 8.62. The highest BCUT2D eigenvalue weighted by molar-refractivity contribution is 7.21. The number of hydrogen-bond acceptors (Lipinski definition) is 9. The average Bonchev–Trinajstić information content (AvgIpc) is 3.29. The number of amides is 2.